The van der Waals surface area contributed by atoms with E-state index in [9.17, 15) is 4.79 Å². The van der Waals surface area contributed by atoms with Gasteiger partial charge in [0, 0.05) is 22.5 Å². The molecule has 106 valence electrons. The van der Waals surface area contributed by atoms with Crippen molar-refractivity contribution in [1.29, 1.82) is 0 Å². The Kier molecular flexibility index (Phi) is 4.98. The van der Waals surface area contributed by atoms with Crippen molar-refractivity contribution < 1.29 is 9.53 Å². The van der Waals surface area contributed by atoms with Crippen LogP contribution in [0.4, 0.5) is 10.8 Å². The summed E-state index contributed by atoms with van der Waals surface area (Å²) in [5.74, 6) is -0.224. The van der Waals surface area contributed by atoms with Gasteiger partial charge in [-0.2, -0.15) is 0 Å². The molecule has 0 radical (unpaired) electrons. The maximum Gasteiger partial charge on any atom is 0.305 e. The van der Waals surface area contributed by atoms with Gasteiger partial charge in [-0.15, -0.1) is 11.3 Å². The fraction of sp³-hybridized carbons (Fsp3) is 0.286. The second-order valence-corrected chi connectivity index (χ2v) is 5.57. The summed E-state index contributed by atoms with van der Waals surface area (Å²) in [7, 11) is 1.39. The van der Waals surface area contributed by atoms with Crippen LogP contribution in [-0.2, 0) is 16.0 Å². The summed E-state index contributed by atoms with van der Waals surface area (Å²) in [4.78, 5) is 15.5. The van der Waals surface area contributed by atoms with E-state index < -0.39 is 0 Å². The van der Waals surface area contributed by atoms with Gasteiger partial charge in [0.05, 0.1) is 19.2 Å². The van der Waals surface area contributed by atoms with Crippen LogP contribution in [0, 0.1) is 6.92 Å². The van der Waals surface area contributed by atoms with Crippen LogP contribution in [0.2, 0.25) is 5.02 Å². The summed E-state index contributed by atoms with van der Waals surface area (Å²) in [6, 6.07) is 5.78. The Morgan fingerprint density at radius 1 is 1.50 bits per heavy atom. The number of esters is 1. The lowest BCUT2D eigenvalue weighted by atomic mass is 10.2. The maximum absolute atomic E-state index is 11.1. The summed E-state index contributed by atoms with van der Waals surface area (Å²) in [5.41, 5.74) is 2.81. The van der Waals surface area contributed by atoms with Crippen molar-refractivity contribution in [1.82, 2.24) is 4.98 Å². The zero-order valence-electron chi connectivity index (χ0n) is 11.3. The number of benzene rings is 1. The second kappa shape index (κ2) is 6.72. The van der Waals surface area contributed by atoms with Crippen molar-refractivity contribution >= 4 is 39.7 Å². The fourth-order valence-corrected chi connectivity index (χ4v) is 2.55. The third-order valence-corrected chi connectivity index (χ3v) is 4.00. The molecule has 0 aliphatic heterocycles. The van der Waals surface area contributed by atoms with Crippen molar-refractivity contribution in [2.75, 3.05) is 12.4 Å². The van der Waals surface area contributed by atoms with Gasteiger partial charge in [0.25, 0.3) is 0 Å². The number of thiazole rings is 1. The molecule has 6 heteroatoms. The minimum Gasteiger partial charge on any atom is -0.469 e. The number of hydrogen-bond donors (Lipinski definition) is 1. The van der Waals surface area contributed by atoms with E-state index in [4.69, 9.17) is 11.6 Å². The molecular formula is C14H15ClN2O2S. The fourth-order valence-electron chi connectivity index (χ4n) is 1.61. The zero-order chi connectivity index (χ0) is 14.5. The number of aromatic nitrogens is 1. The number of carbonyl (C=O) groups is 1. The largest absolute Gasteiger partial charge is 0.469 e. The molecule has 0 unspecified atom stereocenters. The minimum atomic E-state index is -0.224. The van der Waals surface area contributed by atoms with E-state index in [0.717, 1.165) is 27.1 Å². The van der Waals surface area contributed by atoms with Crippen molar-refractivity contribution in [2.24, 2.45) is 0 Å². The third-order valence-electron chi connectivity index (χ3n) is 2.79. The summed E-state index contributed by atoms with van der Waals surface area (Å²) >= 11 is 7.57. The predicted molar refractivity (Wildman–Crippen MR) is 81.9 cm³/mol. The summed E-state index contributed by atoms with van der Waals surface area (Å²) in [6.45, 7) is 1.96. The van der Waals surface area contributed by atoms with Gasteiger partial charge in [-0.05, 0) is 24.6 Å². The van der Waals surface area contributed by atoms with Crippen LogP contribution in [0.3, 0.4) is 0 Å². The molecule has 0 aliphatic rings. The van der Waals surface area contributed by atoms with Crippen LogP contribution in [0.25, 0.3) is 0 Å². The zero-order valence-corrected chi connectivity index (χ0v) is 12.8. The van der Waals surface area contributed by atoms with Crippen molar-refractivity contribution in [3.63, 3.8) is 0 Å². The molecule has 4 nitrogen and oxygen atoms in total. The van der Waals surface area contributed by atoms with Gasteiger partial charge in [-0.1, -0.05) is 17.7 Å². The Morgan fingerprint density at radius 2 is 2.30 bits per heavy atom. The molecule has 0 atom stereocenters. The highest BCUT2D eigenvalue weighted by Gasteiger charge is 2.06. The second-order valence-electron chi connectivity index (χ2n) is 4.31. The van der Waals surface area contributed by atoms with E-state index in [1.807, 2.05) is 30.5 Å². The Labute approximate surface area is 126 Å². The van der Waals surface area contributed by atoms with E-state index in [2.05, 4.69) is 15.0 Å². The molecule has 0 aliphatic carbocycles. The van der Waals surface area contributed by atoms with E-state index in [0.29, 0.717) is 12.8 Å². The molecule has 0 bridgehead atoms. The topological polar surface area (TPSA) is 51.2 Å². The van der Waals surface area contributed by atoms with Gasteiger partial charge in [-0.3, -0.25) is 4.79 Å². The number of hydrogen-bond acceptors (Lipinski definition) is 5. The van der Waals surface area contributed by atoms with E-state index >= 15 is 0 Å². The Balaban J connectivity index is 1.98. The molecule has 0 spiro atoms. The van der Waals surface area contributed by atoms with Gasteiger partial charge < -0.3 is 10.1 Å². The van der Waals surface area contributed by atoms with E-state index in [-0.39, 0.29) is 5.97 Å². The average Bonchev–Trinajstić information content (AvgIpc) is 2.88. The lowest BCUT2D eigenvalue weighted by Crippen LogP contribution is -2.02. The Bertz CT molecular complexity index is 613. The molecule has 20 heavy (non-hydrogen) atoms. The smallest absolute Gasteiger partial charge is 0.305 e. The van der Waals surface area contributed by atoms with Crippen molar-refractivity contribution in [3.8, 4) is 0 Å². The van der Waals surface area contributed by atoms with Crippen LogP contribution in [0.1, 0.15) is 17.7 Å². The lowest BCUT2D eigenvalue weighted by molar-refractivity contribution is -0.140. The molecule has 1 heterocycles. The van der Waals surface area contributed by atoms with Gasteiger partial charge in [0.15, 0.2) is 5.13 Å². The quantitative estimate of drug-likeness (QED) is 0.849. The number of nitrogens with one attached hydrogen (secondary N) is 1. The van der Waals surface area contributed by atoms with Crippen LogP contribution in [0.5, 0.6) is 0 Å². The highest BCUT2D eigenvalue weighted by molar-refractivity contribution is 7.13. The molecule has 2 rings (SSSR count). The summed E-state index contributed by atoms with van der Waals surface area (Å²) in [5, 5.41) is 6.63. The number of ether oxygens (including phenoxy) is 1. The molecule has 1 aromatic heterocycles. The van der Waals surface area contributed by atoms with Gasteiger partial charge in [0.1, 0.15) is 0 Å². The standard InChI is InChI=1S/C14H15ClN2O2S/c1-9-3-4-10(7-12(9)15)16-14-17-11(8-20-14)5-6-13(18)19-2/h3-4,7-8H,5-6H2,1-2H3,(H,16,17). The third kappa shape index (κ3) is 3.95. The molecule has 0 amide bonds. The maximum atomic E-state index is 11.1. The molecule has 0 fully saturated rings. The lowest BCUT2D eigenvalue weighted by Gasteiger charge is -2.04. The summed E-state index contributed by atoms with van der Waals surface area (Å²) < 4.78 is 4.61. The normalized spacial score (nSPS) is 10.3. The molecule has 0 saturated carbocycles. The molecule has 0 saturated heterocycles. The first kappa shape index (κ1) is 14.8. The van der Waals surface area contributed by atoms with Gasteiger partial charge >= 0.3 is 5.97 Å². The number of methoxy groups -OCH3 is 1. The molecule has 1 aromatic carbocycles. The Morgan fingerprint density at radius 3 is 3.00 bits per heavy atom. The summed E-state index contributed by atoms with van der Waals surface area (Å²) in [6.07, 6.45) is 0.926. The number of rotatable bonds is 5. The first-order valence-electron chi connectivity index (χ1n) is 6.13. The van der Waals surface area contributed by atoms with Gasteiger partial charge in [-0.25, -0.2) is 4.98 Å². The number of aryl methyl sites for hydroxylation is 2. The molecular weight excluding hydrogens is 296 g/mol. The number of nitrogens with zero attached hydrogens (tertiary/aromatic N) is 1. The highest BCUT2D eigenvalue weighted by atomic mass is 35.5. The highest BCUT2D eigenvalue weighted by Crippen LogP contribution is 2.25. The molecule has 2 aromatic rings. The molecule has 1 N–H and O–H groups in total. The number of halogens is 1. The number of anilines is 2. The van der Waals surface area contributed by atoms with Crippen molar-refractivity contribution in [3.05, 3.63) is 39.9 Å². The first-order valence-corrected chi connectivity index (χ1v) is 7.38. The van der Waals surface area contributed by atoms with Crippen LogP contribution in [0.15, 0.2) is 23.6 Å². The monoisotopic (exact) mass is 310 g/mol. The van der Waals surface area contributed by atoms with Gasteiger partial charge in [0.2, 0.25) is 0 Å². The minimum absolute atomic E-state index is 0.224. The van der Waals surface area contributed by atoms with Crippen LogP contribution >= 0.6 is 22.9 Å². The Hall–Kier alpha value is -1.59. The van der Waals surface area contributed by atoms with E-state index in [1.54, 1.807) is 0 Å². The van der Waals surface area contributed by atoms with Crippen LogP contribution in [-0.4, -0.2) is 18.1 Å². The first-order chi connectivity index (χ1) is 9.58. The number of carbonyl (C=O) groups excluding carboxylic acids is 1. The van der Waals surface area contributed by atoms with Crippen LogP contribution < -0.4 is 5.32 Å². The SMILES string of the molecule is COC(=O)CCc1csc(Nc2ccc(C)c(Cl)c2)n1. The average molecular weight is 311 g/mol. The van der Waals surface area contributed by atoms with E-state index in [1.165, 1.54) is 18.4 Å². The van der Waals surface area contributed by atoms with Crippen molar-refractivity contribution in [2.45, 2.75) is 19.8 Å². The predicted octanol–water partition coefficient (Wildman–Crippen LogP) is 3.95.